The quantitative estimate of drug-likeness (QED) is 0.428. The Morgan fingerprint density at radius 3 is 2.91 bits per heavy atom. The molecule has 0 atom stereocenters. The second-order valence-corrected chi connectivity index (χ2v) is 2.21. The van der Waals surface area contributed by atoms with Crippen molar-refractivity contribution < 1.29 is 4.79 Å². The summed E-state index contributed by atoms with van der Waals surface area (Å²) in [6, 6.07) is 0. The van der Waals surface area contributed by atoms with E-state index >= 15 is 0 Å². The lowest BCUT2D eigenvalue weighted by molar-refractivity contribution is -0.120. The van der Waals surface area contributed by atoms with Crippen LogP contribution in [0, 0.1) is 0 Å². The van der Waals surface area contributed by atoms with E-state index in [0.717, 1.165) is 13.0 Å². The molecule has 0 fully saturated rings. The topological polar surface area (TPSA) is 41.1 Å². The lowest BCUT2D eigenvalue weighted by atomic mass is 10.4. The molecule has 0 saturated heterocycles. The van der Waals surface area contributed by atoms with Crippen LogP contribution in [-0.4, -0.2) is 25.5 Å². The summed E-state index contributed by atoms with van der Waals surface area (Å²) in [4.78, 5) is 10.8. The van der Waals surface area contributed by atoms with E-state index in [2.05, 4.69) is 17.2 Å². The summed E-state index contributed by atoms with van der Waals surface area (Å²) in [6.45, 7) is 7.40. The van der Waals surface area contributed by atoms with Gasteiger partial charge in [-0.05, 0) is 19.9 Å². The molecule has 1 amide bonds. The maximum absolute atomic E-state index is 10.8. The average Bonchev–Trinajstić information content (AvgIpc) is 1.99. The van der Waals surface area contributed by atoms with Crippen LogP contribution in [-0.2, 0) is 4.79 Å². The molecule has 0 spiro atoms. The molecule has 0 aromatic carbocycles. The predicted molar refractivity (Wildman–Crippen MR) is 46.4 cm³/mol. The lowest BCUT2D eigenvalue weighted by Crippen LogP contribution is -2.33. The molecule has 3 nitrogen and oxygen atoms in total. The summed E-state index contributed by atoms with van der Waals surface area (Å²) in [6.07, 6.45) is 2.73. The van der Waals surface area contributed by atoms with Crippen LogP contribution in [0.4, 0.5) is 0 Å². The molecule has 0 aromatic rings. The lowest BCUT2D eigenvalue weighted by Gasteiger charge is -2.02. The van der Waals surface area contributed by atoms with Crippen LogP contribution in [0.25, 0.3) is 0 Å². The minimum Gasteiger partial charge on any atom is -0.355 e. The number of hydrogen-bond donors (Lipinski definition) is 2. The fraction of sp³-hybridized carbons (Fsp3) is 0.625. The highest BCUT2D eigenvalue weighted by Crippen LogP contribution is 1.74. The van der Waals surface area contributed by atoms with Gasteiger partial charge in [0.25, 0.3) is 0 Å². The molecule has 0 bridgehead atoms. The zero-order valence-electron chi connectivity index (χ0n) is 7.02. The first-order valence-corrected chi connectivity index (χ1v) is 3.89. The SMILES string of the molecule is C=CCCNCC(=O)NCC. The predicted octanol–water partition coefficient (Wildman–Crippen LogP) is 0.288. The van der Waals surface area contributed by atoms with Gasteiger partial charge in [0.1, 0.15) is 0 Å². The van der Waals surface area contributed by atoms with Crippen LogP contribution in [0.3, 0.4) is 0 Å². The van der Waals surface area contributed by atoms with Gasteiger partial charge in [0, 0.05) is 6.54 Å². The smallest absolute Gasteiger partial charge is 0.233 e. The second kappa shape index (κ2) is 7.28. The van der Waals surface area contributed by atoms with Gasteiger partial charge in [-0.1, -0.05) is 6.08 Å². The van der Waals surface area contributed by atoms with Crippen LogP contribution in [0.2, 0.25) is 0 Å². The molecule has 0 aromatic heterocycles. The Balaban J connectivity index is 3.10. The van der Waals surface area contributed by atoms with Gasteiger partial charge in [-0.25, -0.2) is 0 Å². The maximum atomic E-state index is 10.8. The number of amides is 1. The Labute approximate surface area is 67.9 Å². The number of carbonyl (C=O) groups is 1. The first-order valence-electron chi connectivity index (χ1n) is 3.89. The van der Waals surface area contributed by atoms with E-state index in [1.54, 1.807) is 0 Å². The van der Waals surface area contributed by atoms with E-state index < -0.39 is 0 Å². The van der Waals surface area contributed by atoms with E-state index in [9.17, 15) is 4.79 Å². The number of nitrogens with one attached hydrogen (secondary N) is 2. The van der Waals surface area contributed by atoms with Gasteiger partial charge >= 0.3 is 0 Å². The number of hydrogen-bond acceptors (Lipinski definition) is 2. The van der Waals surface area contributed by atoms with Crippen LogP contribution in [0.5, 0.6) is 0 Å². The third-order valence-corrected chi connectivity index (χ3v) is 1.18. The van der Waals surface area contributed by atoms with Gasteiger partial charge in [0.05, 0.1) is 6.54 Å². The molecule has 2 N–H and O–H groups in total. The average molecular weight is 156 g/mol. The molecule has 0 aliphatic rings. The van der Waals surface area contributed by atoms with E-state index in [4.69, 9.17) is 0 Å². The molecule has 0 aliphatic carbocycles. The zero-order chi connectivity index (χ0) is 8.53. The Bertz CT molecular complexity index is 123. The zero-order valence-corrected chi connectivity index (χ0v) is 7.02. The maximum Gasteiger partial charge on any atom is 0.233 e. The van der Waals surface area contributed by atoms with Crippen molar-refractivity contribution in [2.45, 2.75) is 13.3 Å². The Morgan fingerprint density at radius 1 is 1.64 bits per heavy atom. The highest BCUT2D eigenvalue weighted by atomic mass is 16.1. The van der Waals surface area contributed by atoms with Crippen molar-refractivity contribution in [2.75, 3.05) is 19.6 Å². The standard InChI is InChI=1S/C8H16N2O/c1-3-5-6-9-7-8(11)10-4-2/h3,9H,1,4-7H2,2H3,(H,10,11). The van der Waals surface area contributed by atoms with Crippen LogP contribution in [0.1, 0.15) is 13.3 Å². The van der Waals surface area contributed by atoms with Crippen molar-refractivity contribution in [3.63, 3.8) is 0 Å². The Kier molecular flexibility index (Phi) is 6.73. The van der Waals surface area contributed by atoms with Crippen molar-refractivity contribution in [1.82, 2.24) is 10.6 Å². The molecule has 0 saturated carbocycles. The normalized spacial score (nSPS) is 9.18. The monoisotopic (exact) mass is 156 g/mol. The first kappa shape index (κ1) is 10.2. The number of rotatable bonds is 6. The van der Waals surface area contributed by atoms with Crippen molar-refractivity contribution in [3.8, 4) is 0 Å². The van der Waals surface area contributed by atoms with Crippen LogP contribution in [0.15, 0.2) is 12.7 Å². The largest absolute Gasteiger partial charge is 0.355 e. The van der Waals surface area contributed by atoms with Gasteiger partial charge in [0.2, 0.25) is 5.91 Å². The fourth-order valence-corrected chi connectivity index (χ4v) is 0.666. The molecular formula is C8H16N2O. The third-order valence-electron chi connectivity index (χ3n) is 1.18. The molecule has 64 valence electrons. The molecule has 3 heteroatoms. The van der Waals surface area contributed by atoms with Crippen molar-refractivity contribution in [2.24, 2.45) is 0 Å². The summed E-state index contributed by atoms with van der Waals surface area (Å²) < 4.78 is 0. The summed E-state index contributed by atoms with van der Waals surface area (Å²) in [5, 5.41) is 5.68. The first-order chi connectivity index (χ1) is 5.31. The number of likely N-dealkylation sites (N-methyl/N-ethyl adjacent to an activating group) is 1. The van der Waals surface area contributed by atoms with E-state index in [1.807, 2.05) is 13.0 Å². The molecular weight excluding hydrogens is 140 g/mol. The number of carbonyl (C=O) groups excluding carboxylic acids is 1. The van der Waals surface area contributed by atoms with E-state index in [0.29, 0.717) is 13.1 Å². The Hall–Kier alpha value is -0.830. The van der Waals surface area contributed by atoms with Crippen molar-refractivity contribution in [3.05, 3.63) is 12.7 Å². The van der Waals surface area contributed by atoms with Gasteiger partial charge in [0.15, 0.2) is 0 Å². The highest BCUT2D eigenvalue weighted by Gasteiger charge is 1.95. The minimum absolute atomic E-state index is 0.0524. The van der Waals surface area contributed by atoms with E-state index in [-0.39, 0.29) is 5.91 Å². The van der Waals surface area contributed by atoms with Crippen molar-refractivity contribution >= 4 is 5.91 Å². The highest BCUT2D eigenvalue weighted by molar-refractivity contribution is 5.77. The summed E-state index contributed by atoms with van der Waals surface area (Å²) in [5.41, 5.74) is 0. The molecule has 11 heavy (non-hydrogen) atoms. The summed E-state index contributed by atoms with van der Waals surface area (Å²) in [7, 11) is 0. The molecule has 0 radical (unpaired) electrons. The Morgan fingerprint density at radius 2 is 2.36 bits per heavy atom. The second-order valence-electron chi connectivity index (χ2n) is 2.21. The van der Waals surface area contributed by atoms with E-state index in [1.165, 1.54) is 0 Å². The summed E-state index contributed by atoms with van der Waals surface area (Å²) >= 11 is 0. The molecule has 0 unspecified atom stereocenters. The molecule has 0 rings (SSSR count). The van der Waals surface area contributed by atoms with Crippen LogP contribution < -0.4 is 10.6 Å². The van der Waals surface area contributed by atoms with Crippen molar-refractivity contribution in [1.29, 1.82) is 0 Å². The molecule has 0 heterocycles. The summed E-state index contributed by atoms with van der Waals surface area (Å²) in [5.74, 6) is 0.0524. The third kappa shape index (κ3) is 7.06. The van der Waals surface area contributed by atoms with Gasteiger partial charge in [-0.2, -0.15) is 0 Å². The fourth-order valence-electron chi connectivity index (χ4n) is 0.666. The van der Waals surface area contributed by atoms with Gasteiger partial charge < -0.3 is 10.6 Å². The van der Waals surface area contributed by atoms with Crippen LogP contribution >= 0.6 is 0 Å². The molecule has 0 aliphatic heterocycles. The van der Waals surface area contributed by atoms with Gasteiger partial charge in [-0.15, -0.1) is 6.58 Å². The van der Waals surface area contributed by atoms with Gasteiger partial charge in [-0.3, -0.25) is 4.79 Å². The minimum atomic E-state index is 0.0524.